The van der Waals surface area contributed by atoms with Crippen molar-refractivity contribution in [2.24, 2.45) is 0 Å². The van der Waals surface area contributed by atoms with Crippen LogP contribution in [0.2, 0.25) is 0 Å². The molecule has 0 aliphatic rings. The van der Waals surface area contributed by atoms with Crippen molar-refractivity contribution in [3.8, 4) is 6.07 Å². The highest BCUT2D eigenvalue weighted by molar-refractivity contribution is 7.98. The molecule has 0 saturated carbocycles. The molecule has 4 nitrogen and oxygen atoms in total. The molecule has 0 bridgehead atoms. The van der Waals surface area contributed by atoms with Gasteiger partial charge >= 0.3 is 0 Å². The predicted molar refractivity (Wildman–Crippen MR) is 94.3 cm³/mol. The molecule has 2 aromatic rings. The number of thioether (sulfide) groups is 1. The summed E-state index contributed by atoms with van der Waals surface area (Å²) in [7, 11) is 1.90. The minimum atomic E-state index is -0.0392. The molecule has 0 heterocycles. The Balaban J connectivity index is 1.90. The van der Waals surface area contributed by atoms with E-state index in [-0.39, 0.29) is 5.91 Å². The van der Waals surface area contributed by atoms with Gasteiger partial charge in [0.05, 0.1) is 23.9 Å². The van der Waals surface area contributed by atoms with Crippen LogP contribution in [0.5, 0.6) is 0 Å². The molecular formula is C18H19N3OS. The maximum absolute atomic E-state index is 12.2. The average Bonchev–Trinajstić information content (AvgIpc) is 2.55. The van der Waals surface area contributed by atoms with Gasteiger partial charge in [0.25, 0.3) is 0 Å². The summed E-state index contributed by atoms with van der Waals surface area (Å²) in [6.07, 6.45) is 1.99. The van der Waals surface area contributed by atoms with Crippen LogP contribution in [0.3, 0.4) is 0 Å². The second-order valence-electron chi connectivity index (χ2n) is 5.23. The third-order valence-corrected chi connectivity index (χ3v) is 4.13. The first-order chi connectivity index (χ1) is 11.1. The number of hydrogen-bond donors (Lipinski definition) is 1. The van der Waals surface area contributed by atoms with Crippen molar-refractivity contribution in [3.63, 3.8) is 0 Å². The summed E-state index contributed by atoms with van der Waals surface area (Å²) < 4.78 is 0. The van der Waals surface area contributed by atoms with E-state index < -0.39 is 0 Å². The smallest absolute Gasteiger partial charge is 0.238 e. The molecule has 1 amide bonds. The van der Waals surface area contributed by atoms with Crippen LogP contribution in [0, 0.1) is 11.3 Å². The van der Waals surface area contributed by atoms with Crippen LogP contribution in [-0.2, 0) is 11.3 Å². The Kier molecular flexibility index (Phi) is 6.21. The first-order valence-electron chi connectivity index (χ1n) is 7.23. The number of amides is 1. The summed E-state index contributed by atoms with van der Waals surface area (Å²) in [6.45, 7) is 0.964. The Morgan fingerprint density at radius 1 is 1.22 bits per heavy atom. The van der Waals surface area contributed by atoms with Gasteiger partial charge in [-0.15, -0.1) is 11.8 Å². The summed E-state index contributed by atoms with van der Waals surface area (Å²) in [5, 5.41) is 11.7. The third kappa shape index (κ3) is 5.13. The predicted octanol–water partition coefficient (Wildman–Crippen LogP) is 3.35. The summed E-state index contributed by atoms with van der Waals surface area (Å²) in [5.74, 6) is -0.0392. The van der Waals surface area contributed by atoms with Gasteiger partial charge in [-0.1, -0.05) is 24.3 Å². The first-order valence-corrected chi connectivity index (χ1v) is 8.45. The van der Waals surface area contributed by atoms with Crippen LogP contribution < -0.4 is 5.32 Å². The minimum absolute atomic E-state index is 0.0392. The quantitative estimate of drug-likeness (QED) is 0.828. The standard InChI is InChI=1S/C18H19N3OS/c1-21(12-15-9-7-14(11-19)8-10-15)13-18(22)20-16-5-3-4-6-17(16)23-2/h3-10H,12-13H2,1-2H3,(H,20,22). The fraction of sp³-hybridized carbons (Fsp3) is 0.222. The molecule has 0 fully saturated rings. The zero-order chi connectivity index (χ0) is 16.7. The lowest BCUT2D eigenvalue weighted by Gasteiger charge is -2.17. The van der Waals surface area contributed by atoms with Gasteiger partial charge in [-0.25, -0.2) is 0 Å². The maximum atomic E-state index is 12.2. The lowest BCUT2D eigenvalue weighted by atomic mass is 10.1. The number of hydrogen-bond acceptors (Lipinski definition) is 4. The second kappa shape index (κ2) is 8.37. The molecule has 0 aliphatic heterocycles. The lowest BCUT2D eigenvalue weighted by Crippen LogP contribution is -2.29. The minimum Gasteiger partial charge on any atom is -0.324 e. The van der Waals surface area contributed by atoms with E-state index in [1.165, 1.54) is 0 Å². The summed E-state index contributed by atoms with van der Waals surface area (Å²) in [4.78, 5) is 15.2. The summed E-state index contributed by atoms with van der Waals surface area (Å²) >= 11 is 1.61. The topological polar surface area (TPSA) is 56.1 Å². The largest absolute Gasteiger partial charge is 0.324 e. The Labute approximate surface area is 141 Å². The molecule has 23 heavy (non-hydrogen) atoms. The van der Waals surface area contributed by atoms with Crippen molar-refractivity contribution in [3.05, 3.63) is 59.7 Å². The number of benzene rings is 2. The summed E-state index contributed by atoms with van der Waals surface area (Å²) in [6, 6.07) is 17.3. The first kappa shape index (κ1) is 17.1. The van der Waals surface area contributed by atoms with E-state index in [0.29, 0.717) is 18.7 Å². The molecule has 0 saturated heterocycles. The monoisotopic (exact) mass is 325 g/mol. The number of rotatable bonds is 6. The number of carbonyl (C=O) groups excluding carboxylic acids is 1. The van der Waals surface area contributed by atoms with E-state index in [2.05, 4.69) is 11.4 Å². The fourth-order valence-corrected chi connectivity index (χ4v) is 2.79. The molecule has 0 unspecified atom stereocenters. The van der Waals surface area contributed by atoms with Crippen LogP contribution in [0.4, 0.5) is 5.69 Å². The van der Waals surface area contributed by atoms with Crippen LogP contribution in [0.25, 0.3) is 0 Å². The van der Waals surface area contributed by atoms with Gasteiger partial charge in [0.1, 0.15) is 0 Å². The van der Waals surface area contributed by atoms with E-state index in [1.807, 2.05) is 54.6 Å². The van der Waals surface area contributed by atoms with Crippen molar-refractivity contribution < 1.29 is 4.79 Å². The zero-order valence-electron chi connectivity index (χ0n) is 13.2. The van der Waals surface area contributed by atoms with Crippen molar-refractivity contribution in [2.45, 2.75) is 11.4 Å². The molecule has 2 aromatic carbocycles. The average molecular weight is 325 g/mol. The van der Waals surface area contributed by atoms with Gasteiger partial charge in [0.2, 0.25) is 5.91 Å². The highest BCUT2D eigenvalue weighted by atomic mass is 32.2. The zero-order valence-corrected chi connectivity index (χ0v) is 14.1. The number of nitrogens with zero attached hydrogens (tertiary/aromatic N) is 2. The molecule has 0 aromatic heterocycles. The molecule has 5 heteroatoms. The van der Waals surface area contributed by atoms with E-state index in [4.69, 9.17) is 5.26 Å². The van der Waals surface area contributed by atoms with E-state index in [1.54, 1.807) is 23.9 Å². The lowest BCUT2D eigenvalue weighted by molar-refractivity contribution is -0.117. The number of nitrogens with one attached hydrogen (secondary N) is 1. The van der Waals surface area contributed by atoms with Gasteiger partial charge in [-0.3, -0.25) is 9.69 Å². The molecule has 1 N–H and O–H groups in total. The van der Waals surface area contributed by atoms with E-state index >= 15 is 0 Å². The van der Waals surface area contributed by atoms with Crippen LogP contribution in [-0.4, -0.2) is 30.7 Å². The van der Waals surface area contributed by atoms with Crippen LogP contribution in [0.1, 0.15) is 11.1 Å². The number of carbonyl (C=O) groups is 1. The van der Waals surface area contributed by atoms with Crippen molar-refractivity contribution in [1.82, 2.24) is 4.90 Å². The van der Waals surface area contributed by atoms with Crippen molar-refractivity contribution >= 4 is 23.4 Å². The molecular weight excluding hydrogens is 306 g/mol. The molecule has 2 rings (SSSR count). The van der Waals surface area contributed by atoms with Crippen molar-refractivity contribution in [1.29, 1.82) is 5.26 Å². The molecule has 0 aliphatic carbocycles. The van der Waals surface area contributed by atoms with E-state index in [0.717, 1.165) is 16.1 Å². The normalized spacial score (nSPS) is 10.3. The molecule has 118 valence electrons. The number of anilines is 1. The van der Waals surface area contributed by atoms with Crippen molar-refractivity contribution in [2.75, 3.05) is 25.2 Å². The number of nitriles is 1. The number of likely N-dealkylation sites (N-methyl/N-ethyl adjacent to an activating group) is 1. The number of para-hydroxylation sites is 1. The van der Waals surface area contributed by atoms with Crippen LogP contribution in [0.15, 0.2) is 53.4 Å². The third-order valence-electron chi connectivity index (χ3n) is 3.33. The van der Waals surface area contributed by atoms with Crippen LogP contribution >= 0.6 is 11.8 Å². The maximum Gasteiger partial charge on any atom is 0.238 e. The second-order valence-corrected chi connectivity index (χ2v) is 6.08. The summed E-state index contributed by atoms with van der Waals surface area (Å²) in [5.41, 5.74) is 2.56. The Morgan fingerprint density at radius 2 is 1.91 bits per heavy atom. The van der Waals surface area contributed by atoms with Gasteiger partial charge < -0.3 is 5.32 Å². The highest BCUT2D eigenvalue weighted by Crippen LogP contribution is 2.24. The Hall–Kier alpha value is -2.29. The Morgan fingerprint density at radius 3 is 2.57 bits per heavy atom. The van der Waals surface area contributed by atoms with Gasteiger partial charge in [0.15, 0.2) is 0 Å². The fourth-order valence-electron chi connectivity index (χ4n) is 2.24. The van der Waals surface area contributed by atoms with Gasteiger partial charge in [-0.05, 0) is 43.1 Å². The highest BCUT2D eigenvalue weighted by Gasteiger charge is 2.09. The Bertz CT molecular complexity index is 707. The molecule has 0 spiro atoms. The SMILES string of the molecule is CSc1ccccc1NC(=O)CN(C)Cc1ccc(C#N)cc1. The molecule has 0 atom stereocenters. The van der Waals surface area contributed by atoms with E-state index in [9.17, 15) is 4.79 Å². The molecule has 0 radical (unpaired) electrons. The van der Waals surface area contributed by atoms with Gasteiger partial charge in [-0.2, -0.15) is 5.26 Å². The van der Waals surface area contributed by atoms with Gasteiger partial charge in [0, 0.05) is 11.4 Å².